The van der Waals surface area contributed by atoms with Crippen LogP contribution in [0, 0.1) is 5.92 Å². The Kier molecular flexibility index (Phi) is 7.89. The molecule has 1 saturated heterocycles. The standard InChI is InChI=1S/C24H31N3O4/c1-27-12-4-5-20(16-27)24(29)25-14-17-6-9-19(10-7-17)23(28)26-15-18-8-11-21(30-2)22(13-18)31-3/h6-11,13,20H,4-5,12,14-16H2,1-3H3,(H,25,29)(H,26,28)/t20-/m1/s1. The predicted molar refractivity (Wildman–Crippen MR) is 119 cm³/mol. The molecular weight excluding hydrogens is 394 g/mol. The molecule has 7 nitrogen and oxygen atoms in total. The van der Waals surface area contributed by atoms with Crippen molar-refractivity contribution in [3.8, 4) is 11.5 Å². The minimum Gasteiger partial charge on any atom is -0.493 e. The van der Waals surface area contributed by atoms with Gasteiger partial charge in [-0.1, -0.05) is 18.2 Å². The molecule has 2 amide bonds. The van der Waals surface area contributed by atoms with Crippen molar-refractivity contribution in [3.05, 3.63) is 59.2 Å². The molecule has 1 aliphatic heterocycles. The number of benzene rings is 2. The van der Waals surface area contributed by atoms with Crippen molar-refractivity contribution in [2.45, 2.75) is 25.9 Å². The molecule has 2 aromatic carbocycles. The first-order valence-corrected chi connectivity index (χ1v) is 10.5. The summed E-state index contributed by atoms with van der Waals surface area (Å²) in [6.07, 6.45) is 2.00. The van der Waals surface area contributed by atoms with Crippen LogP contribution in [0.2, 0.25) is 0 Å². The molecule has 1 atom stereocenters. The van der Waals surface area contributed by atoms with Crippen molar-refractivity contribution in [2.24, 2.45) is 5.92 Å². The summed E-state index contributed by atoms with van der Waals surface area (Å²) in [4.78, 5) is 27.0. The van der Waals surface area contributed by atoms with E-state index in [1.165, 1.54) is 0 Å². The lowest BCUT2D eigenvalue weighted by Gasteiger charge is -2.28. The van der Waals surface area contributed by atoms with Crippen LogP contribution < -0.4 is 20.1 Å². The lowest BCUT2D eigenvalue weighted by molar-refractivity contribution is -0.126. The van der Waals surface area contributed by atoms with E-state index in [0.717, 1.165) is 37.1 Å². The summed E-state index contributed by atoms with van der Waals surface area (Å²) in [5.41, 5.74) is 2.46. The van der Waals surface area contributed by atoms with Gasteiger partial charge in [-0.3, -0.25) is 9.59 Å². The van der Waals surface area contributed by atoms with Gasteiger partial charge in [-0.05, 0) is 61.8 Å². The van der Waals surface area contributed by atoms with Crippen molar-refractivity contribution in [2.75, 3.05) is 34.4 Å². The zero-order valence-electron chi connectivity index (χ0n) is 18.4. The number of carbonyl (C=O) groups is 2. The maximum absolute atomic E-state index is 12.5. The highest BCUT2D eigenvalue weighted by Crippen LogP contribution is 2.27. The fourth-order valence-corrected chi connectivity index (χ4v) is 3.76. The minimum absolute atomic E-state index is 0.0559. The van der Waals surface area contributed by atoms with Crippen LogP contribution in [0.4, 0.5) is 0 Å². The van der Waals surface area contributed by atoms with E-state index >= 15 is 0 Å². The van der Waals surface area contributed by atoms with Crippen molar-refractivity contribution < 1.29 is 19.1 Å². The summed E-state index contributed by atoms with van der Waals surface area (Å²) in [6, 6.07) is 12.8. The Morgan fingerprint density at radius 1 is 0.968 bits per heavy atom. The second-order valence-electron chi connectivity index (χ2n) is 7.89. The molecule has 0 aromatic heterocycles. The van der Waals surface area contributed by atoms with Gasteiger partial charge in [-0.15, -0.1) is 0 Å². The molecular formula is C24H31N3O4. The fourth-order valence-electron chi connectivity index (χ4n) is 3.76. The molecule has 2 aromatic rings. The van der Waals surface area contributed by atoms with Crippen LogP contribution in [-0.2, 0) is 17.9 Å². The van der Waals surface area contributed by atoms with Crippen molar-refractivity contribution in [3.63, 3.8) is 0 Å². The number of ether oxygens (including phenoxy) is 2. The fraction of sp³-hybridized carbons (Fsp3) is 0.417. The molecule has 166 valence electrons. The summed E-state index contributed by atoms with van der Waals surface area (Å²) in [7, 11) is 5.22. The third-order valence-electron chi connectivity index (χ3n) is 5.58. The largest absolute Gasteiger partial charge is 0.493 e. The van der Waals surface area contributed by atoms with Gasteiger partial charge in [0.1, 0.15) is 0 Å². The third kappa shape index (κ3) is 6.21. The highest BCUT2D eigenvalue weighted by molar-refractivity contribution is 5.94. The Morgan fingerprint density at radius 3 is 2.32 bits per heavy atom. The Bertz CT molecular complexity index is 898. The zero-order chi connectivity index (χ0) is 22.2. The molecule has 7 heteroatoms. The number of amides is 2. The Balaban J connectivity index is 1.49. The zero-order valence-corrected chi connectivity index (χ0v) is 18.4. The SMILES string of the molecule is COc1ccc(CNC(=O)c2ccc(CNC(=O)[C@@H]3CCCN(C)C3)cc2)cc1OC. The maximum Gasteiger partial charge on any atom is 0.251 e. The van der Waals surface area contributed by atoms with Crippen LogP contribution in [0.3, 0.4) is 0 Å². The number of nitrogens with one attached hydrogen (secondary N) is 2. The maximum atomic E-state index is 12.5. The molecule has 0 spiro atoms. The average molecular weight is 426 g/mol. The Hall–Kier alpha value is -3.06. The lowest BCUT2D eigenvalue weighted by Crippen LogP contribution is -2.41. The number of nitrogens with zero attached hydrogens (tertiary/aromatic N) is 1. The second kappa shape index (κ2) is 10.8. The van der Waals surface area contributed by atoms with E-state index in [-0.39, 0.29) is 17.7 Å². The van der Waals surface area contributed by atoms with Crippen LogP contribution in [0.5, 0.6) is 11.5 Å². The number of rotatable bonds is 8. The molecule has 31 heavy (non-hydrogen) atoms. The van der Waals surface area contributed by atoms with E-state index in [2.05, 4.69) is 15.5 Å². The van der Waals surface area contributed by atoms with Crippen LogP contribution in [0.15, 0.2) is 42.5 Å². The number of carbonyl (C=O) groups excluding carboxylic acids is 2. The summed E-state index contributed by atoms with van der Waals surface area (Å²) in [5.74, 6) is 1.27. The van der Waals surface area contributed by atoms with Gasteiger partial charge in [0, 0.05) is 25.2 Å². The molecule has 1 fully saturated rings. The molecule has 3 rings (SSSR count). The molecule has 0 bridgehead atoms. The number of methoxy groups -OCH3 is 2. The van der Waals surface area contributed by atoms with Crippen LogP contribution in [0.25, 0.3) is 0 Å². The molecule has 0 unspecified atom stereocenters. The van der Waals surface area contributed by atoms with Gasteiger partial charge in [0.25, 0.3) is 5.91 Å². The van der Waals surface area contributed by atoms with Crippen molar-refractivity contribution in [1.29, 1.82) is 0 Å². The second-order valence-corrected chi connectivity index (χ2v) is 7.89. The van der Waals surface area contributed by atoms with Crippen molar-refractivity contribution in [1.82, 2.24) is 15.5 Å². The van der Waals surface area contributed by atoms with Gasteiger partial charge in [-0.25, -0.2) is 0 Å². The predicted octanol–water partition coefficient (Wildman–Crippen LogP) is 2.59. The average Bonchev–Trinajstić information content (AvgIpc) is 2.81. The highest BCUT2D eigenvalue weighted by atomic mass is 16.5. The van der Waals surface area contributed by atoms with E-state index < -0.39 is 0 Å². The first-order valence-electron chi connectivity index (χ1n) is 10.5. The molecule has 1 aliphatic rings. The summed E-state index contributed by atoms with van der Waals surface area (Å²) in [6.45, 7) is 2.71. The number of likely N-dealkylation sites (tertiary alicyclic amines) is 1. The van der Waals surface area contributed by atoms with Gasteiger partial charge in [-0.2, -0.15) is 0 Å². The van der Waals surface area contributed by atoms with E-state index in [0.29, 0.717) is 30.2 Å². The van der Waals surface area contributed by atoms with E-state index in [4.69, 9.17) is 9.47 Å². The van der Waals surface area contributed by atoms with Crippen LogP contribution in [0.1, 0.15) is 34.3 Å². The van der Waals surface area contributed by atoms with Gasteiger partial charge >= 0.3 is 0 Å². The minimum atomic E-state index is -0.157. The van der Waals surface area contributed by atoms with Crippen molar-refractivity contribution >= 4 is 11.8 Å². The smallest absolute Gasteiger partial charge is 0.251 e. The van der Waals surface area contributed by atoms with E-state index in [9.17, 15) is 9.59 Å². The van der Waals surface area contributed by atoms with E-state index in [1.807, 2.05) is 37.4 Å². The Labute approximate surface area is 183 Å². The summed E-state index contributed by atoms with van der Waals surface area (Å²) >= 11 is 0. The normalized spacial score (nSPS) is 16.4. The topological polar surface area (TPSA) is 79.9 Å². The van der Waals surface area contributed by atoms with E-state index in [1.54, 1.807) is 26.4 Å². The van der Waals surface area contributed by atoms with Crippen LogP contribution >= 0.6 is 0 Å². The quantitative estimate of drug-likeness (QED) is 0.680. The molecule has 1 heterocycles. The molecule has 0 radical (unpaired) electrons. The molecule has 0 saturated carbocycles. The Morgan fingerprint density at radius 2 is 1.65 bits per heavy atom. The van der Waals surface area contributed by atoms with Gasteiger partial charge in [0.2, 0.25) is 5.91 Å². The summed E-state index contributed by atoms with van der Waals surface area (Å²) in [5, 5.41) is 5.93. The lowest BCUT2D eigenvalue weighted by atomic mass is 9.97. The number of hydrogen-bond acceptors (Lipinski definition) is 5. The molecule has 2 N–H and O–H groups in total. The highest BCUT2D eigenvalue weighted by Gasteiger charge is 2.23. The van der Waals surface area contributed by atoms with Crippen LogP contribution in [-0.4, -0.2) is 51.1 Å². The first kappa shape index (κ1) is 22.6. The van der Waals surface area contributed by atoms with Gasteiger partial charge in [0.05, 0.1) is 20.1 Å². The molecule has 0 aliphatic carbocycles. The third-order valence-corrected chi connectivity index (χ3v) is 5.58. The summed E-state index contributed by atoms with van der Waals surface area (Å²) < 4.78 is 10.5. The number of piperidine rings is 1. The monoisotopic (exact) mass is 425 g/mol. The number of hydrogen-bond donors (Lipinski definition) is 2. The van der Waals surface area contributed by atoms with Gasteiger partial charge < -0.3 is 25.0 Å². The first-order chi connectivity index (χ1) is 15.0. The van der Waals surface area contributed by atoms with Gasteiger partial charge in [0.15, 0.2) is 11.5 Å².